The summed E-state index contributed by atoms with van der Waals surface area (Å²) in [6.07, 6.45) is 14.6. The number of aromatic nitrogens is 1. The summed E-state index contributed by atoms with van der Waals surface area (Å²) < 4.78 is 4.60. The Morgan fingerprint density at radius 1 is 0.883 bits per heavy atom. The minimum absolute atomic E-state index is 0.0717. The molecule has 2 saturated carbocycles. The zero-order chi connectivity index (χ0) is 43.8. The molecule has 1 aromatic heterocycles. The van der Waals surface area contributed by atoms with E-state index in [4.69, 9.17) is 5.73 Å². The number of ether oxygens (including phenoxy) is 1. The summed E-state index contributed by atoms with van der Waals surface area (Å²) in [7, 11) is 1.19. The van der Waals surface area contributed by atoms with Gasteiger partial charge in [-0.3, -0.25) is 38.5 Å². The number of amides is 6. The van der Waals surface area contributed by atoms with Gasteiger partial charge in [-0.25, -0.2) is 9.59 Å². The van der Waals surface area contributed by atoms with Crippen molar-refractivity contribution in [3.8, 4) is 0 Å². The number of rotatable bonds is 20. The topological polar surface area (TPSA) is 273 Å². The lowest BCUT2D eigenvalue weighted by Crippen LogP contribution is -2.60. The molecule has 18 nitrogen and oxygen atoms in total. The molecule has 5 atom stereocenters. The first-order valence-corrected chi connectivity index (χ1v) is 21.9. The molecule has 6 amide bonds. The van der Waals surface area contributed by atoms with Crippen molar-refractivity contribution in [2.45, 2.75) is 120 Å². The number of esters is 1. The number of nitrogens with two attached hydrogens (primary N) is 1. The van der Waals surface area contributed by atoms with Gasteiger partial charge >= 0.3 is 11.9 Å². The predicted octanol–water partition coefficient (Wildman–Crippen LogP) is 1.41. The number of ketones is 1. The number of carbonyl (C=O) groups excluding carboxylic acids is 8. The second-order valence-electron chi connectivity index (χ2n) is 15.5. The van der Waals surface area contributed by atoms with Crippen LogP contribution in [-0.2, 0) is 38.3 Å². The van der Waals surface area contributed by atoms with Crippen LogP contribution in [-0.4, -0.2) is 124 Å². The zero-order valence-corrected chi connectivity index (χ0v) is 35.0. The van der Waals surface area contributed by atoms with E-state index in [0.29, 0.717) is 18.6 Å². The van der Waals surface area contributed by atoms with Crippen molar-refractivity contribution in [3.63, 3.8) is 0 Å². The Kier molecular flexibility index (Phi) is 18.5. The number of pyridine rings is 1. The van der Waals surface area contributed by atoms with Crippen LogP contribution in [0.3, 0.4) is 0 Å². The Hall–Kier alpha value is -5.33. The maximum absolute atomic E-state index is 14.3. The first-order valence-electron chi connectivity index (χ1n) is 20.5. The molecular weight excluding hydrogens is 799 g/mol. The third-order valence-electron chi connectivity index (χ3n) is 11.4. The highest BCUT2D eigenvalue weighted by Crippen LogP contribution is 2.30. The van der Waals surface area contributed by atoms with E-state index in [2.05, 4.69) is 31.0 Å². The van der Waals surface area contributed by atoms with Crippen molar-refractivity contribution in [2.75, 3.05) is 25.7 Å². The minimum atomic E-state index is -1.40. The highest BCUT2D eigenvalue weighted by molar-refractivity contribution is 7.98. The molecule has 0 aromatic carbocycles. The van der Waals surface area contributed by atoms with Crippen LogP contribution in [0.5, 0.6) is 0 Å². The number of primary amides is 1. The summed E-state index contributed by atoms with van der Waals surface area (Å²) in [6.45, 7) is -0.425. The third-order valence-corrected chi connectivity index (χ3v) is 12.0. The largest absolute Gasteiger partial charge is 0.478 e. The fourth-order valence-electron chi connectivity index (χ4n) is 8.15. The van der Waals surface area contributed by atoms with Gasteiger partial charge in [0.15, 0.2) is 5.78 Å². The molecular formula is C41H57N7O11S. The number of carboxylic acid groups (broad SMARTS) is 1. The number of hydrogen-bond donors (Lipinski definition) is 6. The third kappa shape index (κ3) is 13.3. The number of nitrogens with one attached hydrogen (secondary N) is 4. The predicted molar refractivity (Wildman–Crippen MR) is 219 cm³/mol. The Morgan fingerprint density at radius 3 is 2.13 bits per heavy atom. The van der Waals surface area contributed by atoms with E-state index in [1.54, 1.807) is 6.26 Å². The molecule has 0 spiro atoms. The van der Waals surface area contributed by atoms with Crippen molar-refractivity contribution >= 4 is 64.9 Å². The van der Waals surface area contributed by atoms with Crippen LogP contribution in [0.15, 0.2) is 30.6 Å². The molecule has 2 heterocycles. The fraction of sp³-hybridized carbons (Fsp3) is 0.610. The maximum atomic E-state index is 14.3. The molecule has 1 saturated heterocycles. The molecule has 2 aliphatic carbocycles. The molecule has 3 aliphatic rings. The van der Waals surface area contributed by atoms with E-state index < -0.39 is 89.9 Å². The van der Waals surface area contributed by atoms with Crippen LogP contribution in [0.1, 0.15) is 111 Å². The lowest BCUT2D eigenvalue weighted by Gasteiger charge is -2.35. The maximum Gasteiger partial charge on any atom is 0.336 e. The number of nitrogens with zero attached hydrogens (tertiary/aromatic N) is 2. The number of carbonyl (C=O) groups is 9. The second kappa shape index (κ2) is 23.5. The van der Waals surface area contributed by atoms with Crippen LogP contribution in [0.25, 0.3) is 0 Å². The van der Waals surface area contributed by atoms with Gasteiger partial charge in [0.05, 0.1) is 24.8 Å². The van der Waals surface area contributed by atoms with Crippen molar-refractivity contribution in [1.29, 1.82) is 0 Å². The van der Waals surface area contributed by atoms with Crippen LogP contribution in [0, 0.1) is 11.8 Å². The Bertz CT molecular complexity index is 1780. The molecule has 0 radical (unpaired) electrons. The van der Waals surface area contributed by atoms with E-state index in [-0.39, 0.29) is 48.6 Å². The monoisotopic (exact) mass is 855 g/mol. The normalized spacial score (nSPS) is 19.4. The van der Waals surface area contributed by atoms with E-state index in [0.717, 1.165) is 74.6 Å². The molecule has 1 aliphatic heterocycles. The number of allylic oxidation sites excluding steroid dienone is 1. The lowest BCUT2D eigenvalue weighted by molar-refractivity contribution is -0.143. The Labute approximate surface area is 353 Å². The number of Topliss-reactive ketones (excluding diaryl/α,β-unsaturated/α-hetero) is 1. The lowest BCUT2D eigenvalue weighted by atomic mass is 9.81. The molecule has 0 bridgehead atoms. The van der Waals surface area contributed by atoms with Crippen LogP contribution in [0.2, 0.25) is 0 Å². The smallest absolute Gasteiger partial charge is 0.336 e. The minimum Gasteiger partial charge on any atom is -0.478 e. The second-order valence-corrected chi connectivity index (χ2v) is 16.5. The van der Waals surface area contributed by atoms with Gasteiger partial charge in [-0.15, -0.1) is 0 Å². The molecule has 1 aromatic rings. The van der Waals surface area contributed by atoms with Gasteiger partial charge in [0.25, 0.3) is 5.91 Å². The highest BCUT2D eigenvalue weighted by Gasteiger charge is 2.44. The Morgan fingerprint density at radius 2 is 1.53 bits per heavy atom. The first-order chi connectivity index (χ1) is 28.7. The average Bonchev–Trinajstić information content (AvgIpc) is 3.65. The van der Waals surface area contributed by atoms with Gasteiger partial charge in [-0.1, -0.05) is 44.6 Å². The standard InChI is InChI=1S/C41H57N7O11S/c1-59-32(50)16-10-9-15-29(44-36(52)28-22-43-19-17-27(28)41(57)58)37(53)45-30(18-20-60-2)40(56)48-23-26(49)21-31(48)38(54)47-34(25-13-7-4-8-14-25)39(55)46-33(35(42)51)24-11-5-3-6-12-24/h10,16-17,19,22,24-25,29-31,33-34H,3-9,11-15,18,20-21,23H2,1-2H3,(H2,42,51)(H,44,52)(H,45,53)(H,46,55)(H,47,54)(H,57,58)/b16-10+/t29-,30-,31-,33-,34-/m0/s1. The number of likely N-dealkylation sites (tertiary alicyclic amines) is 1. The number of hydrogen-bond acceptors (Lipinski definition) is 12. The van der Waals surface area contributed by atoms with E-state index in [9.17, 15) is 48.3 Å². The summed E-state index contributed by atoms with van der Waals surface area (Å²) in [5.74, 6) is -6.87. The Balaban J connectivity index is 1.55. The SMILES string of the molecule is COC(=O)/C=C/CC[C@H](NC(=O)c1cnccc1C(=O)O)C(=O)N[C@@H](CCSC)C(=O)N1CC(=O)C[C@H]1C(=O)N[C@H](C(=O)N[C@H](C(N)=O)C1CCCCC1)C1CCCCC1. The number of thioether (sulfide) groups is 1. The molecule has 7 N–H and O–H groups in total. The quantitative estimate of drug-likeness (QED) is 0.0801. The summed E-state index contributed by atoms with van der Waals surface area (Å²) in [5, 5.41) is 20.5. The van der Waals surface area contributed by atoms with Crippen LogP contribution in [0.4, 0.5) is 0 Å². The molecule has 0 unspecified atom stereocenters. The highest BCUT2D eigenvalue weighted by atomic mass is 32.2. The van der Waals surface area contributed by atoms with Crippen LogP contribution < -0.4 is 27.0 Å². The summed E-state index contributed by atoms with van der Waals surface area (Å²) in [6, 6.07) is -4.75. The summed E-state index contributed by atoms with van der Waals surface area (Å²) in [4.78, 5) is 124. The average molecular weight is 856 g/mol. The number of carboxylic acids is 1. The van der Waals surface area contributed by atoms with Crippen molar-refractivity contribution < 1.29 is 53.0 Å². The van der Waals surface area contributed by atoms with Gasteiger partial charge in [0, 0.05) is 24.9 Å². The number of methoxy groups -OCH3 is 1. The van der Waals surface area contributed by atoms with E-state index in [1.165, 1.54) is 31.1 Å². The fourth-order valence-corrected chi connectivity index (χ4v) is 8.62. The van der Waals surface area contributed by atoms with Gasteiger partial charge in [0.2, 0.25) is 29.5 Å². The van der Waals surface area contributed by atoms with Gasteiger partial charge in [-0.2, -0.15) is 11.8 Å². The van der Waals surface area contributed by atoms with Gasteiger partial charge in [0.1, 0.15) is 30.2 Å². The van der Waals surface area contributed by atoms with Crippen molar-refractivity contribution in [2.24, 2.45) is 17.6 Å². The van der Waals surface area contributed by atoms with E-state index >= 15 is 0 Å². The molecule has 4 rings (SSSR count). The van der Waals surface area contributed by atoms with Gasteiger partial charge in [-0.05, 0) is 74.9 Å². The van der Waals surface area contributed by atoms with Crippen molar-refractivity contribution in [3.05, 3.63) is 41.7 Å². The molecule has 60 heavy (non-hydrogen) atoms. The van der Waals surface area contributed by atoms with Gasteiger partial charge < -0.3 is 41.7 Å². The molecule has 328 valence electrons. The molecule has 3 fully saturated rings. The molecule has 19 heteroatoms. The zero-order valence-electron chi connectivity index (χ0n) is 34.2. The summed E-state index contributed by atoms with van der Waals surface area (Å²) in [5.41, 5.74) is 5.10. The summed E-state index contributed by atoms with van der Waals surface area (Å²) >= 11 is 1.38. The van der Waals surface area contributed by atoms with E-state index in [1.807, 2.05) is 0 Å². The first kappa shape index (κ1) is 47.3. The van der Waals surface area contributed by atoms with Crippen LogP contribution >= 0.6 is 11.8 Å². The number of aromatic carboxylic acids is 1. The van der Waals surface area contributed by atoms with Crippen molar-refractivity contribution in [1.82, 2.24) is 31.2 Å².